The van der Waals surface area contributed by atoms with E-state index < -0.39 is 0 Å². The molecular weight excluding hydrogens is 200 g/mol. The van der Waals surface area contributed by atoms with Gasteiger partial charge in [0.1, 0.15) is 0 Å². The Bertz CT molecular complexity index is 266. The van der Waals surface area contributed by atoms with Crippen molar-refractivity contribution in [1.29, 1.82) is 0 Å². The van der Waals surface area contributed by atoms with Crippen LogP contribution in [0.2, 0.25) is 0 Å². The van der Waals surface area contributed by atoms with E-state index in [9.17, 15) is 4.79 Å². The SMILES string of the molecule is CCCCC1N=NC(=S)N1NC(C)=O. The van der Waals surface area contributed by atoms with Gasteiger partial charge in [-0.15, -0.1) is 5.11 Å². The van der Waals surface area contributed by atoms with Crippen molar-refractivity contribution in [3.63, 3.8) is 0 Å². The first-order valence-corrected chi connectivity index (χ1v) is 5.07. The number of hydrogen-bond donors (Lipinski definition) is 1. The molecule has 78 valence electrons. The van der Waals surface area contributed by atoms with E-state index in [1.165, 1.54) is 6.92 Å². The monoisotopic (exact) mass is 214 g/mol. The highest BCUT2D eigenvalue weighted by atomic mass is 32.1. The lowest BCUT2D eigenvalue weighted by atomic mass is 10.2. The Morgan fingerprint density at radius 1 is 1.71 bits per heavy atom. The van der Waals surface area contributed by atoms with Crippen molar-refractivity contribution in [3.8, 4) is 0 Å². The number of rotatable bonds is 4. The molecular formula is C8H14N4OS. The largest absolute Gasteiger partial charge is 0.274 e. The Labute approximate surface area is 88.5 Å². The first-order chi connectivity index (χ1) is 6.65. The van der Waals surface area contributed by atoms with Gasteiger partial charge in [-0.3, -0.25) is 10.2 Å². The quantitative estimate of drug-likeness (QED) is 0.723. The molecule has 6 heteroatoms. The molecule has 0 aromatic heterocycles. The van der Waals surface area contributed by atoms with Gasteiger partial charge < -0.3 is 0 Å². The number of amides is 1. The molecule has 0 fully saturated rings. The van der Waals surface area contributed by atoms with Gasteiger partial charge in [0.2, 0.25) is 11.0 Å². The highest BCUT2D eigenvalue weighted by Gasteiger charge is 2.26. The number of azo groups is 1. The van der Waals surface area contributed by atoms with E-state index in [0.29, 0.717) is 5.11 Å². The van der Waals surface area contributed by atoms with Gasteiger partial charge in [0.05, 0.1) is 0 Å². The van der Waals surface area contributed by atoms with Gasteiger partial charge >= 0.3 is 0 Å². The number of hydrogen-bond acceptors (Lipinski definition) is 3. The van der Waals surface area contributed by atoms with Gasteiger partial charge in [-0.25, -0.2) is 5.01 Å². The molecule has 0 spiro atoms. The van der Waals surface area contributed by atoms with Gasteiger partial charge in [-0.1, -0.05) is 13.3 Å². The van der Waals surface area contributed by atoms with Crippen LogP contribution < -0.4 is 5.43 Å². The maximum Gasteiger partial charge on any atom is 0.236 e. The summed E-state index contributed by atoms with van der Waals surface area (Å²) in [7, 11) is 0. The second kappa shape index (κ2) is 4.99. The maximum absolute atomic E-state index is 10.9. The third-order valence-corrected chi connectivity index (χ3v) is 2.15. The summed E-state index contributed by atoms with van der Waals surface area (Å²) < 4.78 is 0. The summed E-state index contributed by atoms with van der Waals surface area (Å²) in [6.45, 7) is 3.55. The lowest BCUT2D eigenvalue weighted by molar-refractivity contribution is -0.122. The number of hydrazine groups is 1. The molecule has 1 amide bonds. The Kier molecular flexibility index (Phi) is 3.94. The van der Waals surface area contributed by atoms with Crippen molar-refractivity contribution in [2.45, 2.75) is 39.3 Å². The molecule has 0 aromatic carbocycles. The molecule has 0 aliphatic carbocycles. The van der Waals surface area contributed by atoms with Crippen molar-refractivity contribution in [2.75, 3.05) is 0 Å². The second-order valence-corrected chi connectivity index (χ2v) is 3.52. The number of carbonyl (C=O) groups excluding carboxylic acids is 1. The van der Waals surface area contributed by atoms with Crippen LogP contribution in [-0.4, -0.2) is 22.2 Å². The van der Waals surface area contributed by atoms with E-state index in [4.69, 9.17) is 12.2 Å². The molecule has 1 atom stereocenters. The predicted octanol–water partition coefficient (Wildman–Crippen LogP) is 1.61. The van der Waals surface area contributed by atoms with Gasteiger partial charge in [0, 0.05) is 6.92 Å². The molecule has 14 heavy (non-hydrogen) atoms. The van der Waals surface area contributed by atoms with E-state index in [1.807, 2.05) is 0 Å². The Morgan fingerprint density at radius 3 is 3.00 bits per heavy atom. The number of thiocarbonyl (C=S) groups is 1. The Hall–Kier alpha value is -1.04. The van der Waals surface area contributed by atoms with Crippen LogP contribution in [0.25, 0.3) is 0 Å². The predicted molar refractivity (Wildman–Crippen MR) is 56.4 cm³/mol. The number of carbonyl (C=O) groups is 1. The summed E-state index contributed by atoms with van der Waals surface area (Å²) in [6.07, 6.45) is 2.88. The summed E-state index contributed by atoms with van der Waals surface area (Å²) >= 11 is 4.94. The number of nitrogens with zero attached hydrogens (tertiary/aromatic N) is 3. The molecule has 0 radical (unpaired) electrons. The molecule has 1 unspecified atom stereocenters. The third kappa shape index (κ3) is 2.73. The maximum atomic E-state index is 10.9. The van der Waals surface area contributed by atoms with Crippen molar-refractivity contribution in [2.24, 2.45) is 10.2 Å². The Balaban J connectivity index is 2.52. The molecule has 1 rings (SSSR count). The zero-order valence-electron chi connectivity index (χ0n) is 8.36. The van der Waals surface area contributed by atoms with E-state index in [2.05, 4.69) is 22.6 Å². The third-order valence-electron chi connectivity index (χ3n) is 1.87. The molecule has 0 bridgehead atoms. The highest BCUT2D eigenvalue weighted by Crippen LogP contribution is 2.16. The van der Waals surface area contributed by atoms with Crippen molar-refractivity contribution >= 4 is 23.2 Å². The average Bonchev–Trinajstić information content (AvgIpc) is 2.45. The molecule has 1 heterocycles. The smallest absolute Gasteiger partial charge is 0.236 e. The minimum Gasteiger partial charge on any atom is -0.274 e. The van der Waals surface area contributed by atoms with E-state index in [0.717, 1.165) is 19.3 Å². The van der Waals surface area contributed by atoms with Crippen LogP contribution in [-0.2, 0) is 4.79 Å². The van der Waals surface area contributed by atoms with Crippen LogP contribution in [0.5, 0.6) is 0 Å². The van der Waals surface area contributed by atoms with Crippen molar-refractivity contribution in [1.82, 2.24) is 10.4 Å². The minimum absolute atomic E-state index is 0.119. The fourth-order valence-corrected chi connectivity index (χ4v) is 1.42. The lowest BCUT2D eigenvalue weighted by Crippen LogP contribution is -2.46. The molecule has 1 aliphatic heterocycles. The first kappa shape index (κ1) is 11.0. The van der Waals surface area contributed by atoms with Gasteiger partial charge in [-0.05, 0) is 25.1 Å². The zero-order chi connectivity index (χ0) is 10.6. The topological polar surface area (TPSA) is 57.1 Å². The van der Waals surface area contributed by atoms with Crippen molar-refractivity contribution < 1.29 is 4.79 Å². The van der Waals surface area contributed by atoms with Crippen LogP contribution in [0.1, 0.15) is 33.1 Å². The standard InChI is InChI=1S/C8H14N4OS/c1-3-4-5-7-9-10-8(14)12(7)11-6(2)13/h7H,3-5H2,1-2H3,(H,11,13). The Morgan fingerprint density at radius 2 is 2.43 bits per heavy atom. The first-order valence-electron chi connectivity index (χ1n) is 4.66. The van der Waals surface area contributed by atoms with Gasteiger partial charge in [0.25, 0.3) is 0 Å². The van der Waals surface area contributed by atoms with Gasteiger partial charge in [0.15, 0.2) is 6.17 Å². The van der Waals surface area contributed by atoms with Crippen LogP contribution in [0.3, 0.4) is 0 Å². The second-order valence-electron chi connectivity index (χ2n) is 3.16. The fourth-order valence-electron chi connectivity index (χ4n) is 1.21. The average molecular weight is 214 g/mol. The highest BCUT2D eigenvalue weighted by molar-refractivity contribution is 7.80. The summed E-state index contributed by atoms with van der Waals surface area (Å²) in [6, 6.07) is 0. The molecule has 5 nitrogen and oxygen atoms in total. The summed E-state index contributed by atoms with van der Waals surface area (Å²) in [5, 5.41) is 9.64. The zero-order valence-corrected chi connectivity index (χ0v) is 9.17. The van der Waals surface area contributed by atoms with Crippen LogP contribution in [0.4, 0.5) is 0 Å². The lowest BCUT2D eigenvalue weighted by Gasteiger charge is -2.22. The summed E-state index contributed by atoms with van der Waals surface area (Å²) in [5.74, 6) is -0.152. The number of unbranched alkanes of at least 4 members (excludes halogenated alkanes) is 1. The van der Waals surface area contributed by atoms with E-state index >= 15 is 0 Å². The summed E-state index contributed by atoms with van der Waals surface area (Å²) in [5.41, 5.74) is 2.62. The molecule has 0 saturated heterocycles. The van der Waals surface area contributed by atoms with Crippen LogP contribution in [0, 0.1) is 0 Å². The van der Waals surface area contributed by atoms with Crippen molar-refractivity contribution in [3.05, 3.63) is 0 Å². The van der Waals surface area contributed by atoms with Gasteiger partial charge in [-0.2, -0.15) is 5.11 Å². The normalized spacial score (nSPS) is 20.3. The van der Waals surface area contributed by atoms with E-state index in [1.54, 1.807) is 5.01 Å². The molecule has 1 N–H and O–H groups in total. The van der Waals surface area contributed by atoms with E-state index in [-0.39, 0.29) is 12.1 Å². The summed E-state index contributed by atoms with van der Waals surface area (Å²) in [4.78, 5) is 10.9. The molecule has 0 saturated carbocycles. The fraction of sp³-hybridized carbons (Fsp3) is 0.750. The van der Waals surface area contributed by atoms with Crippen LogP contribution in [0.15, 0.2) is 10.2 Å². The molecule has 1 aliphatic rings. The number of nitrogens with one attached hydrogen (secondary N) is 1. The molecule has 0 aromatic rings. The van der Waals surface area contributed by atoms with Crippen LogP contribution >= 0.6 is 12.2 Å². The minimum atomic E-state index is -0.152.